The molecule has 0 radical (unpaired) electrons. The van der Waals surface area contributed by atoms with E-state index in [1.807, 2.05) is 13.8 Å². The first-order valence-electron chi connectivity index (χ1n) is 6.13. The summed E-state index contributed by atoms with van der Waals surface area (Å²) in [7, 11) is 0. The molecular weight excluding hydrogens is 250 g/mol. The van der Waals surface area contributed by atoms with Crippen molar-refractivity contribution >= 4 is 0 Å². The van der Waals surface area contributed by atoms with Crippen LogP contribution in [0, 0.1) is 11.6 Å². The predicted molar refractivity (Wildman–Crippen MR) is 67.6 cm³/mol. The van der Waals surface area contributed by atoms with E-state index in [1.54, 1.807) is 17.0 Å². The zero-order chi connectivity index (χ0) is 14.0. The molecule has 1 aromatic heterocycles. The minimum absolute atomic E-state index is 0.0385. The molecule has 0 fully saturated rings. The lowest BCUT2D eigenvalue weighted by atomic mass is 10.1. The Hall–Kier alpha value is -1.75. The first kappa shape index (κ1) is 13.7. The molecule has 0 aliphatic carbocycles. The molecule has 0 aliphatic heterocycles. The van der Waals surface area contributed by atoms with Crippen LogP contribution in [0.1, 0.15) is 37.3 Å². The highest BCUT2D eigenvalue weighted by Gasteiger charge is 2.16. The minimum atomic E-state index is -1.11. The summed E-state index contributed by atoms with van der Waals surface area (Å²) in [5.41, 5.74) is -0.0385. The molecule has 2 aromatic rings. The highest BCUT2D eigenvalue weighted by atomic mass is 19.1. The highest BCUT2D eigenvalue weighted by molar-refractivity contribution is 5.21. The Morgan fingerprint density at radius 3 is 2.74 bits per heavy atom. The van der Waals surface area contributed by atoms with E-state index in [2.05, 4.69) is 4.98 Å². The van der Waals surface area contributed by atoms with E-state index in [4.69, 9.17) is 0 Å². The van der Waals surface area contributed by atoms with Crippen molar-refractivity contribution in [2.24, 2.45) is 0 Å². The number of imidazole rings is 1. The van der Waals surface area contributed by atoms with E-state index in [-0.39, 0.29) is 18.0 Å². The van der Waals surface area contributed by atoms with Crippen molar-refractivity contribution in [2.45, 2.75) is 32.4 Å². The summed E-state index contributed by atoms with van der Waals surface area (Å²) in [6.45, 7) is 4.11. The maximum atomic E-state index is 13.6. The summed E-state index contributed by atoms with van der Waals surface area (Å²) in [6, 6.07) is 3.07. The van der Waals surface area contributed by atoms with Gasteiger partial charge in [0, 0.05) is 23.9 Å². The molecular formula is C14H16F2N2O. The zero-order valence-electron chi connectivity index (χ0n) is 10.8. The number of benzene rings is 1. The Balaban J connectivity index is 2.23. The SMILES string of the molecule is CC(C)c1nccn1CC(O)c1cc(F)ccc1F. The molecule has 1 unspecified atom stereocenters. The second kappa shape index (κ2) is 5.48. The standard InChI is InChI=1S/C14H16F2N2O/c1-9(2)14-17-5-6-18(14)8-13(19)11-7-10(15)3-4-12(11)16/h3-7,9,13,19H,8H2,1-2H3. The molecule has 0 spiro atoms. The Labute approximate surface area is 110 Å². The van der Waals surface area contributed by atoms with Crippen molar-refractivity contribution < 1.29 is 13.9 Å². The van der Waals surface area contributed by atoms with E-state index >= 15 is 0 Å². The molecule has 5 heteroatoms. The summed E-state index contributed by atoms with van der Waals surface area (Å²) in [5.74, 6) is -0.180. The van der Waals surface area contributed by atoms with Gasteiger partial charge in [-0.05, 0) is 18.2 Å². The van der Waals surface area contributed by atoms with Gasteiger partial charge in [-0.1, -0.05) is 13.8 Å². The van der Waals surface area contributed by atoms with Gasteiger partial charge in [0.25, 0.3) is 0 Å². The van der Waals surface area contributed by atoms with Crippen LogP contribution >= 0.6 is 0 Å². The molecule has 1 heterocycles. The predicted octanol–water partition coefficient (Wildman–Crippen LogP) is 3.02. The van der Waals surface area contributed by atoms with E-state index < -0.39 is 17.7 Å². The fraction of sp³-hybridized carbons (Fsp3) is 0.357. The first-order chi connectivity index (χ1) is 8.99. The molecule has 0 saturated heterocycles. The molecule has 0 amide bonds. The summed E-state index contributed by atoms with van der Waals surface area (Å²) < 4.78 is 28.4. The number of rotatable bonds is 4. The first-order valence-corrected chi connectivity index (χ1v) is 6.13. The Bertz CT molecular complexity index is 566. The molecule has 0 aliphatic rings. The molecule has 1 N–H and O–H groups in total. The fourth-order valence-electron chi connectivity index (χ4n) is 2.03. The molecule has 3 nitrogen and oxygen atoms in total. The normalized spacial score (nSPS) is 12.9. The number of aromatic nitrogens is 2. The van der Waals surface area contributed by atoms with Crippen molar-refractivity contribution in [3.05, 3.63) is 53.6 Å². The fourth-order valence-corrected chi connectivity index (χ4v) is 2.03. The van der Waals surface area contributed by atoms with Crippen LogP contribution < -0.4 is 0 Å². The van der Waals surface area contributed by atoms with Gasteiger partial charge < -0.3 is 9.67 Å². The van der Waals surface area contributed by atoms with Gasteiger partial charge in [0.1, 0.15) is 17.5 Å². The van der Waals surface area contributed by atoms with Gasteiger partial charge in [-0.15, -0.1) is 0 Å². The van der Waals surface area contributed by atoms with Gasteiger partial charge in [0.05, 0.1) is 12.6 Å². The van der Waals surface area contributed by atoms with Crippen molar-refractivity contribution in [3.8, 4) is 0 Å². The molecule has 2 rings (SSSR count). The number of halogens is 2. The topological polar surface area (TPSA) is 38.0 Å². The average molecular weight is 266 g/mol. The monoisotopic (exact) mass is 266 g/mol. The minimum Gasteiger partial charge on any atom is -0.386 e. The number of hydrogen-bond donors (Lipinski definition) is 1. The van der Waals surface area contributed by atoms with E-state index in [1.165, 1.54) is 0 Å². The van der Waals surface area contributed by atoms with Gasteiger partial charge in [0.2, 0.25) is 0 Å². The number of aliphatic hydroxyl groups excluding tert-OH is 1. The molecule has 0 bridgehead atoms. The summed E-state index contributed by atoms with van der Waals surface area (Å²) in [5, 5.41) is 10.0. The van der Waals surface area contributed by atoms with Gasteiger partial charge in [-0.2, -0.15) is 0 Å². The quantitative estimate of drug-likeness (QED) is 0.923. The van der Waals surface area contributed by atoms with Gasteiger partial charge in [-0.25, -0.2) is 13.8 Å². The molecule has 1 aromatic carbocycles. The van der Waals surface area contributed by atoms with Gasteiger partial charge >= 0.3 is 0 Å². The number of aliphatic hydroxyl groups is 1. The average Bonchev–Trinajstić information content (AvgIpc) is 2.80. The van der Waals surface area contributed by atoms with E-state index in [0.29, 0.717) is 0 Å². The number of hydrogen-bond acceptors (Lipinski definition) is 2. The Morgan fingerprint density at radius 2 is 2.05 bits per heavy atom. The smallest absolute Gasteiger partial charge is 0.129 e. The molecule has 102 valence electrons. The third-order valence-electron chi connectivity index (χ3n) is 2.95. The Kier molecular flexibility index (Phi) is 3.95. The molecule has 19 heavy (non-hydrogen) atoms. The van der Waals surface area contributed by atoms with Crippen LogP contribution in [0.4, 0.5) is 8.78 Å². The van der Waals surface area contributed by atoms with Crippen LogP contribution in [0.3, 0.4) is 0 Å². The van der Waals surface area contributed by atoms with Crippen LogP contribution in [0.5, 0.6) is 0 Å². The van der Waals surface area contributed by atoms with Gasteiger partial charge in [0.15, 0.2) is 0 Å². The van der Waals surface area contributed by atoms with Crippen molar-refractivity contribution in [3.63, 3.8) is 0 Å². The van der Waals surface area contributed by atoms with Crippen molar-refractivity contribution in [1.29, 1.82) is 0 Å². The Morgan fingerprint density at radius 1 is 1.32 bits per heavy atom. The summed E-state index contributed by atoms with van der Waals surface area (Å²) in [4.78, 5) is 4.19. The van der Waals surface area contributed by atoms with E-state index in [9.17, 15) is 13.9 Å². The summed E-state index contributed by atoms with van der Waals surface area (Å²) >= 11 is 0. The second-order valence-corrected chi connectivity index (χ2v) is 4.77. The van der Waals surface area contributed by atoms with Crippen LogP contribution in [-0.4, -0.2) is 14.7 Å². The lowest BCUT2D eigenvalue weighted by molar-refractivity contribution is 0.150. The van der Waals surface area contributed by atoms with Crippen molar-refractivity contribution in [2.75, 3.05) is 0 Å². The van der Waals surface area contributed by atoms with Gasteiger partial charge in [-0.3, -0.25) is 0 Å². The number of nitrogens with zero attached hydrogens (tertiary/aromatic N) is 2. The van der Waals surface area contributed by atoms with Crippen LogP contribution in [0.2, 0.25) is 0 Å². The van der Waals surface area contributed by atoms with Crippen molar-refractivity contribution in [1.82, 2.24) is 9.55 Å². The second-order valence-electron chi connectivity index (χ2n) is 4.77. The zero-order valence-corrected chi connectivity index (χ0v) is 10.8. The molecule has 1 atom stereocenters. The molecule has 0 saturated carbocycles. The third-order valence-corrected chi connectivity index (χ3v) is 2.95. The van der Waals surface area contributed by atoms with Crippen LogP contribution in [-0.2, 0) is 6.54 Å². The maximum absolute atomic E-state index is 13.6. The summed E-state index contributed by atoms with van der Waals surface area (Å²) in [6.07, 6.45) is 2.24. The van der Waals surface area contributed by atoms with Crippen LogP contribution in [0.15, 0.2) is 30.6 Å². The maximum Gasteiger partial charge on any atom is 0.129 e. The largest absolute Gasteiger partial charge is 0.386 e. The van der Waals surface area contributed by atoms with E-state index in [0.717, 1.165) is 24.0 Å². The lowest BCUT2D eigenvalue weighted by Crippen LogP contribution is -2.13. The highest BCUT2D eigenvalue weighted by Crippen LogP contribution is 2.22. The lowest BCUT2D eigenvalue weighted by Gasteiger charge is -2.16. The van der Waals surface area contributed by atoms with Crippen LogP contribution in [0.25, 0.3) is 0 Å². The third kappa shape index (κ3) is 2.98.